The lowest BCUT2D eigenvalue weighted by Crippen LogP contribution is -2.63. The predicted molar refractivity (Wildman–Crippen MR) is 248 cm³/mol. The van der Waals surface area contributed by atoms with Crippen LogP contribution in [0.25, 0.3) is 0 Å². The highest BCUT2D eigenvalue weighted by molar-refractivity contribution is 5.89. The van der Waals surface area contributed by atoms with Crippen LogP contribution in [-0.2, 0) is 57.1 Å². The van der Waals surface area contributed by atoms with E-state index < -0.39 is 79.3 Å². The Kier molecular flexibility index (Phi) is 30.6. The van der Waals surface area contributed by atoms with Crippen molar-refractivity contribution in [1.82, 2.24) is 5.32 Å². The molecule has 0 unspecified atom stereocenters. The van der Waals surface area contributed by atoms with E-state index in [0.29, 0.717) is 12.0 Å². The fourth-order valence-corrected chi connectivity index (χ4v) is 7.79. The predicted octanol–water partition coefficient (Wildman–Crippen LogP) is 9.97. The molecule has 0 aliphatic carbocycles. The molecule has 0 aromatic heterocycles. The standard InChI is InChI=1S/C51H81NO13/c1-7-9-11-13-15-17-18-19-20-22-23-25-30-34-44(64-50(58)42-32-28-27-29-33-42)43(52-46(57)35-31-26-24-21-16-14-12-10-8-2)36-60-51-49(63-41(6)56)48(62-40(5)55)47(61-39(4)54)45(65-51)37-59-38(3)53/h27-30,32-34,43-45,47-49,51H,7-26,31,35-37H2,1-6H3,(H,52,57)/b34-30+/t43-,44+,45+,47-,48-,49+,51+/m0/s1. The van der Waals surface area contributed by atoms with Crippen LogP contribution in [0.2, 0.25) is 0 Å². The van der Waals surface area contributed by atoms with Crippen LogP contribution in [0.4, 0.5) is 0 Å². The number of hydrogen-bond acceptors (Lipinski definition) is 13. The molecule has 0 bridgehead atoms. The van der Waals surface area contributed by atoms with E-state index in [1.807, 2.05) is 6.08 Å². The SMILES string of the molecule is CCCCCCCCCCCCC/C=C/[C@@H](OC(=O)c1ccccc1)[C@H](CO[C@@H]1O[C@H](COC(C)=O)[C@H](OC(C)=O)[C@H](OC(C)=O)[C@H]1OC(C)=O)NC(=O)CCCCCCCCCCC. The molecule has 7 atom stereocenters. The molecule has 1 aliphatic rings. The third-order valence-electron chi connectivity index (χ3n) is 11.2. The Bertz CT molecular complexity index is 1530. The number of rotatable bonds is 35. The van der Waals surface area contributed by atoms with Crippen molar-refractivity contribution < 1.29 is 61.9 Å². The lowest BCUT2D eigenvalue weighted by molar-refractivity contribution is -0.309. The van der Waals surface area contributed by atoms with E-state index in [-0.39, 0.29) is 18.9 Å². The maximum absolute atomic E-state index is 13.7. The molecule has 1 aromatic rings. The number of benzene rings is 1. The average Bonchev–Trinajstić information content (AvgIpc) is 3.26. The Morgan fingerprint density at radius 1 is 0.615 bits per heavy atom. The second-order valence-corrected chi connectivity index (χ2v) is 17.1. The van der Waals surface area contributed by atoms with Crippen LogP contribution in [0.15, 0.2) is 42.5 Å². The molecular formula is C51H81NO13. The molecule has 1 heterocycles. The van der Waals surface area contributed by atoms with Crippen LogP contribution in [-0.4, -0.2) is 91.8 Å². The Labute approximate surface area is 388 Å². The molecule has 1 aliphatic heterocycles. The summed E-state index contributed by atoms with van der Waals surface area (Å²) in [6.07, 6.45) is 19.7. The van der Waals surface area contributed by atoms with Gasteiger partial charge in [0.15, 0.2) is 24.6 Å². The van der Waals surface area contributed by atoms with Crippen LogP contribution in [0.1, 0.15) is 193 Å². The Balaban J connectivity index is 2.38. The minimum Gasteiger partial charge on any atom is -0.463 e. The van der Waals surface area contributed by atoms with Gasteiger partial charge in [-0.25, -0.2) is 4.79 Å². The number of carbonyl (C=O) groups is 6. The number of carbonyl (C=O) groups excluding carboxylic acids is 6. The zero-order chi connectivity index (χ0) is 47.7. The van der Waals surface area contributed by atoms with E-state index in [0.717, 1.165) is 65.7 Å². The summed E-state index contributed by atoms with van der Waals surface area (Å²) in [4.78, 5) is 76.5. The van der Waals surface area contributed by atoms with Crippen LogP contribution in [0, 0.1) is 0 Å². The monoisotopic (exact) mass is 916 g/mol. The average molecular weight is 916 g/mol. The summed E-state index contributed by atoms with van der Waals surface area (Å²) in [6.45, 7) is 8.26. The van der Waals surface area contributed by atoms with Crippen molar-refractivity contribution in [1.29, 1.82) is 0 Å². The van der Waals surface area contributed by atoms with Gasteiger partial charge in [0, 0.05) is 34.1 Å². The van der Waals surface area contributed by atoms with Gasteiger partial charge in [-0.1, -0.05) is 154 Å². The van der Waals surface area contributed by atoms with Gasteiger partial charge >= 0.3 is 29.8 Å². The maximum atomic E-state index is 13.7. The highest BCUT2D eigenvalue weighted by Gasteiger charge is 2.53. The number of esters is 5. The first-order chi connectivity index (χ1) is 31.4. The highest BCUT2D eigenvalue weighted by Crippen LogP contribution is 2.30. The van der Waals surface area contributed by atoms with Crippen molar-refractivity contribution in [3.05, 3.63) is 48.0 Å². The molecule has 368 valence electrons. The van der Waals surface area contributed by atoms with Crippen LogP contribution in [0.3, 0.4) is 0 Å². The highest BCUT2D eigenvalue weighted by atomic mass is 16.7. The van der Waals surface area contributed by atoms with Crippen molar-refractivity contribution in [3.8, 4) is 0 Å². The molecule has 65 heavy (non-hydrogen) atoms. The van der Waals surface area contributed by atoms with Crippen molar-refractivity contribution in [2.75, 3.05) is 13.2 Å². The quantitative estimate of drug-likeness (QED) is 0.0295. The Morgan fingerprint density at radius 2 is 1.11 bits per heavy atom. The number of unbranched alkanes of at least 4 members (excludes halogenated alkanes) is 19. The van der Waals surface area contributed by atoms with Gasteiger partial charge in [-0.3, -0.25) is 24.0 Å². The van der Waals surface area contributed by atoms with E-state index in [4.69, 9.17) is 33.2 Å². The molecule has 14 nitrogen and oxygen atoms in total. The lowest BCUT2D eigenvalue weighted by Gasteiger charge is -2.44. The van der Waals surface area contributed by atoms with Gasteiger partial charge in [-0.05, 0) is 37.5 Å². The number of amides is 1. The number of allylic oxidation sites excluding steroid dienone is 1. The maximum Gasteiger partial charge on any atom is 0.338 e. The molecule has 0 spiro atoms. The summed E-state index contributed by atoms with van der Waals surface area (Å²) >= 11 is 0. The Morgan fingerprint density at radius 3 is 1.63 bits per heavy atom. The molecule has 1 amide bonds. The van der Waals surface area contributed by atoms with E-state index in [2.05, 4.69) is 19.2 Å². The van der Waals surface area contributed by atoms with Gasteiger partial charge in [-0.2, -0.15) is 0 Å². The first kappa shape index (κ1) is 56.8. The molecule has 1 N–H and O–H groups in total. The minimum atomic E-state index is -1.50. The van der Waals surface area contributed by atoms with Crippen LogP contribution >= 0.6 is 0 Å². The summed E-state index contributed by atoms with van der Waals surface area (Å²) in [7, 11) is 0. The largest absolute Gasteiger partial charge is 0.463 e. The molecule has 2 rings (SSSR count). The summed E-state index contributed by atoms with van der Waals surface area (Å²) in [5, 5.41) is 3.04. The smallest absolute Gasteiger partial charge is 0.338 e. The van der Waals surface area contributed by atoms with Gasteiger partial charge in [0.25, 0.3) is 0 Å². The topological polar surface area (TPSA) is 179 Å². The number of hydrogen-bond donors (Lipinski definition) is 1. The van der Waals surface area contributed by atoms with Crippen molar-refractivity contribution in [3.63, 3.8) is 0 Å². The number of ether oxygens (including phenoxy) is 7. The molecule has 1 fully saturated rings. The normalized spacial score (nSPS) is 19.2. The second kappa shape index (κ2) is 35.0. The molecule has 14 heteroatoms. The van der Waals surface area contributed by atoms with Gasteiger partial charge in [0.1, 0.15) is 18.8 Å². The third-order valence-corrected chi connectivity index (χ3v) is 11.2. The zero-order valence-corrected chi connectivity index (χ0v) is 40.4. The van der Waals surface area contributed by atoms with Crippen LogP contribution in [0.5, 0.6) is 0 Å². The molecule has 0 radical (unpaired) electrons. The fourth-order valence-electron chi connectivity index (χ4n) is 7.79. The number of nitrogens with one attached hydrogen (secondary N) is 1. The van der Waals surface area contributed by atoms with Gasteiger partial charge in [0.05, 0.1) is 18.2 Å². The summed E-state index contributed by atoms with van der Waals surface area (Å²) in [6, 6.07) is 7.55. The summed E-state index contributed by atoms with van der Waals surface area (Å²) in [5.74, 6) is -3.87. The van der Waals surface area contributed by atoms with Gasteiger partial charge in [-0.15, -0.1) is 0 Å². The summed E-state index contributed by atoms with van der Waals surface area (Å²) in [5.41, 5.74) is 0.316. The van der Waals surface area contributed by atoms with Gasteiger partial charge < -0.3 is 38.5 Å². The minimum absolute atomic E-state index is 0.229. The van der Waals surface area contributed by atoms with Crippen molar-refractivity contribution >= 4 is 35.8 Å². The van der Waals surface area contributed by atoms with Gasteiger partial charge in [0.2, 0.25) is 5.91 Å². The first-order valence-electron chi connectivity index (χ1n) is 24.5. The molecule has 1 aromatic carbocycles. The second-order valence-electron chi connectivity index (χ2n) is 17.1. The molecule has 1 saturated heterocycles. The zero-order valence-electron chi connectivity index (χ0n) is 40.4. The molecule has 0 saturated carbocycles. The van der Waals surface area contributed by atoms with E-state index in [1.165, 1.54) is 90.4 Å². The van der Waals surface area contributed by atoms with Crippen molar-refractivity contribution in [2.45, 2.75) is 226 Å². The summed E-state index contributed by atoms with van der Waals surface area (Å²) < 4.78 is 40.6. The van der Waals surface area contributed by atoms with E-state index in [1.54, 1.807) is 36.4 Å². The van der Waals surface area contributed by atoms with E-state index >= 15 is 0 Å². The van der Waals surface area contributed by atoms with Crippen LogP contribution < -0.4 is 5.32 Å². The van der Waals surface area contributed by atoms with Crippen molar-refractivity contribution in [2.24, 2.45) is 0 Å². The molecular weight excluding hydrogens is 835 g/mol. The lowest BCUT2D eigenvalue weighted by atomic mass is 9.98. The van der Waals surface area contributed by atoms with E-state index in [9.17, 15) is 28.8 Å². The first-order valence-corrected chi connectivity index (χ1v) is 24.5. The Hall–Kier alpha value is -4.30. The fraction of sp³-hybridized carbons (Fsp3) is 0.725. The third kappa shape index (κ3) is 25.8.